The van der Waals surface area contributed by atoms with Gasteiger partial charge in [0.1, 0.15) is 6.54 Å². The number of amides is 1. The van der Waals surface area contributed by atoms with Crippen LogP contribution in [0.2, 0.25) is 0 Å². The van der Waals surface area contributed by atoms with Crippen molar-refractivity contribution in [1.29, 1.82) is 0 Å². The van der Waals surface area contributed by atoms with Gasteiger partial charge >= 0.3 is 5.97 Å². The lowest BCUT2D eigenvalue weighted by Gasteiger charge is -2.30. The smallest absolute Gasteiger partial charge is 0.308 e. The number of carbonyl (C=O) groups excluding carboxylic acids is 1. The Bertz CT molecular complexity index is 1440. The summed E-state index contributed by atoms with van der Waals surface area (Å²) in [5.74, 6) is -0.574. The second-order valence-electron chi connectivity index (χ2n) is 13.0. The minimum Gasteiger partial charge on any atom is -0.481 e. The first kappa shape index (κ1) is 31.5. The lowest BCUT2D eigenvalue weighted by Crippen LogP contribution is -2.44. The number of carbonyl (C=O) groups is 2. The quantitative estimate of drug-likeness (QED) is 0.277. The number of aliphatic carboxylic acids is 1. The Morgan fingerprint density at radius 1 is 1.05 bits per heavy atom. The number of anilines is 1. The van der Waals surface area contributed by atoms with Gasteiger partial charge in [-0.05, 0) is 61.2 Å². The first-order valence-electron chi connectivity index (χ1n) is 15.6. The average molecular weight is 602 g/mol. The Morgan fingerprint density at radius 3 is 2.59 bits per heavy atom. The van der Waals surface area contributed by atoms with Crippen molar-refractivity contribution < 1.29 is 28.7 Å². The van der Waals surface area contributed by atoms with Gasteiger partial charge in [0.25, 0.3) is 0 Å². The molecule has 0 aliphatic carbocycles. The van der Waals surface area contributed by atoms with Gasteiger partial charge < -0.3 is 24.0 Å². The molecule has 1 aromatic heterocycles. The number of rotatable bonds is 13. The maximum absolute atomic E-state index is 14.2. The zero-order chi connectivity index (χ0) is 31.3. The SMILES string of the molecule is CCCCN(C(=O)CN1C[C@H](c2ccc3c(c2)OCO3)[C@@H](C(=O)O)[C@@H]1CCc1ccccn1)c1cccc(C[N+](C)(C)C)c1. The van der Waals surface area contributed by atoms with Gasteiger partial charge in [0, 0.05) is 48.2 Å². The van der Waals surface area contributed by atoms with Crippen molar-refractivity contribution in [2.24, 2.45) is 5.92 Å². The molecular weight excluding hydrogens is 556 g/mol. The molecule has 2 aliphatic heterocycles. The number of benzene rings is 2. The number of aromatic nitrogens is 1. The fourth-order valence-corrected chi connectivity index (χ4v) is 6.52. The number of carboxylic acid groups (broad SMARTS) is 1. The van der Waals surface area contributed by atoms with E-state index in [1.54, 1.807) is 6.20 Å². The molecule has 1 saturated heterocycles. The number of nitrogens with zero attached hydrogens (tertiary/aromatic N) is 4. The van der Waals surface area contributed by atoms with Crippen LogP contribution in [0.3, 0.4) is 0 Å². The monoisotopic (exact) mass is 601 g/mol. The summed E-state index contributed by atoms with van der Waals surface area (Å²) in [5.41, 5.74) is 3.86. The largest absolute Gasteiger partial charge is 0.481 e. The van der Waals surface area contributed by atoms with E-state index in [9.17, 15) is 14.7 Å². The highest BCUT2D eigenvalue weighted by Crippen LogP contribution is 2.43. The number of carboxylic acids is 1. The summed E-state index contributed by atoms with van der Waals surface area (Å²) in [6.07, 6.45) is 4.81. The average Bonchev–Trinajstić information content (AvgIpc) is 3.60. The maximum atomic E-state index is 14.2. The molecule has 1 N–H and O–H groups in total. The third-order valence-corrected chi connectivity index (χ3v) is 8.53. The van der Waals surface area contributed by atoms with Crippen molar-refractivity contribution in [3.05, 3.63) is 83.7 Å². The standard InChI is InChI=1S/C35H44N4O5/c1-5-6-18-38(28-12-9-10-25(19-28)23-39(2,3)4)33(40)22-37-21-29(26-13-16-31-32(20-26)44-24-43-31)34(35(41)42)30(37)15-14-27-11-7-8-17-36-27/h7-13,16-17,19-20,29-30,34H,5-6,14-15,18,21-24H2,1-4H3/p+1/t29-,30+,34-/m1/s1. The van der Waals surface area contributed by atoms with Crippen molar-refractivity contribution in [2.75, 3.05) is 52.5 Å². The van der Waals surface area contributed by atoms with E-state index in [2.05, 4.69) is 50.1 Å². The van der Waals surface area contributed by atoms with Gasteiger partial charge in [0.2, 0.25) is 12.7 Å². The van der Waals surface area contributed by atoms with E-state index >= 15 is 0 Å². The van der Waals surface area contributed by atoms with Crippen LogP contribution in [0.25, 0.3) is 0 Å². The van der Waals surface area contributed by atoms with E-state index in [1.165, 1.54) is 5.56 Å². The van der Waals surface area contributed by atoms with Gasteiger partial charge in [0.05, 0.1) is 33.6 Å². The molecule has 3 aromatic rings. The molecule has 9 heteroatoms. The Labute approximate surface area is 260 Å². The predicted molar refractivity (Wildman–Crippen MR) is 170 cm³/mol. The number of hydrogen-bond donors (Lipinski definition) is 1. The molecule has 2 aliphatic rings. The molecule has 1 fully saturated rings. The van der Waals surface area contributed by atoms with E-state index in [4.69, 9.17) is 9.47 Å². The van der Waals surface area contributed by atoms with E-state index < -0.39 is 11.9 Å². The molecule has 9 nitrogen and oxygen atoms in total. The zero-order valence-corrected chi connectivity index (χ0v) is 26.3. The highest BCUT2D eigenvalue weighted by molar-refractivity contribution is 5.95. The summed E-state index contributed by atoms with van der Waals surface area (Å²) in [7, 11) is 6.46. The van der Waals surface area contributed by atoms with Gasteiger partial charge in [0.15, 0.2) is 11.5 Å². The van der Waals surface area contributed by atoms with E-state index in [-0.39, 0.29) is 31.2 Å². The molecule has 234 valence electrons. The molecule has 0 spiro atoms. The highest BCUT2D eigenvalue weighted by Gasteiger charge is 2.47. The number of unbranched alkanes of at least 4 members (excludes halogenated alkanes) is 1. The number of likely N-dealkylation sites (tertiary alicyclic amines) is 1. The minimum atomic E-state index is -0.857. The molecule has 0 unspecified atom stereocenters. The fourth-order valence-electron chi connectivity index (χ4n) is 6.52. The highest BCUT2D eigenvalue weighted by atomic mass is 16.7. The molecule has 3 heterocycles. The van der Waals surface area contributed by atoms with E-state index in [0.717, 1.165) is 40.8 Å². The molecule has 2 aromatic carbocycles. The summed E-state index contributed by atoms with van der Waals surface area (Å²) >= 11 is 0. The van der Waals surface area contributed by atoms with Gasteiger partial charge in [-0.15, -0.1) is 0 Å². The molecule has 5 rings (SSSR count). The topological polar surface area (TPSA) is 92.2 Å². The number of pyridine rings is 1. The minimum absolute atomic E-state index is 0.0147. The number of hydrogen-bond acceptors (Lipinski definition) is 6. The van der Waals surface area contributed by atoms with Crippen LogP contribution in [-0.2, 0) is 22.6 Å². The fraction of sp³-hybridized carbons (Fsp3) is 0.457. The molecule has 0 saturated carbocycles. The lowest BCUT2D eigenvalue weighted by atomic mass is 9.83. The molecule has 1 amide bonds. The summed E-state index contributed by atoms with van der Waals surface area (Å²) in [6, 6.07) is 19.4. The summed E-state index contributed by atoms with van der Waals surface area (Å²) in [4.78, 5) is 35.6. The summed E-state index contributed by atoms with van der Waals surface area (Å²) < 4.78 is 11.9. The van der Waals surface area contributed by atoms with Crippen LogP contribution in [0.15, 0.2) is 66.9 Å². The third-order valence-electron chi connectivity index (χ3n) is 8.53. The first-order valence-corrected chi connectivity index (χ1v) is 15.6. The molecular formula is C35H45N4O5+. The molecule has 3 atom stereocenters. The lowest BCUT2D eigenvalue weighted by molar-refractivity contribution is -0.884. The van der Waals surface area contributed by atoms with Crippen molar-refractivity contribution in [1.82, 2.24) is 9.88 Å². The van der Waals surface area contributed by atoms with Crippen LogP contribution < -0.4 is 14.4 Å². The summed E-state index contributed by atoms with van der Waals surface area (Å²) in [6.45, 7) is 4.34. The van der Waals surface area contributed by atoms with Gasteiger partial charge in [-0.2, -0.15) is 0 Å². The zero-order valence-electron chi connectivity index (χ0n) is 26.3. The Kier molecular flexibility index (Phi) is 9.86. The van der Waals surface area contributed by atoms with E-state index in [0.29, 0.717) is 37.4 Å². The molecule has 0 bridgehead atoms. The number of aryl methyl sites for hydroxylation is 1. The van der Waals surface area contributed by atoms with Gasteiger partial charge in [-0.3, -0.25) is 19.5 Å². The van der Waals surface area contributed by atoms with Crippen molar-refractivity contribution >= 4 is 17.6 Å². The maximum Gasteiger partial charge on any atom is 0.308 e. The third kappa shape index (κ3) is 7.57. The Morgan fingerprint density at radius 2 is 1.86 bits per heavy atom. The second kappa shape index (κ2) is 13.8. The molecule has 0 radical (unpaired) electrons. The number of quaternary nitrogens is 1. The number of fused-ring (bicyclic) bond motifs is 1. The van der Waals surface area contributed by atoms with E-state index in [1.807, 2.05) is 53.4 Å². The van der Waals surface area contributed by atoms with Crippen LogP contribution >= 0.6 is 0 Å². The predicted octanol–water partition coefficient (Wildman–Crippen LogP) is 4.95. The second-order valence-corrected chi connectivity index (χ2v) is 13.0. The Balaban J connectivity index is 1.44. The van der Waals surface area contributed by atoms with Crippen LogP contribution in [0.4, 0.5) is 5.69 Å². The molecule has 44 heavy (non-hydrogen) atoms. The van der Waals surface area contributed by atoms with Crippen LogP contribution in [-0.4, -0.2) is 85.0 Å². The normalized spacial score (nSPS) is 19.7. The van der Waals surface area contributed by atoms with Crippen LogP contribution in [0.1, 0.15) is 48.9 Å². The van der Waals surface area contributed by atoms with Gasteiger partial charge in [-0.25, -0.2) is 0 Å². The Hall–Kier alpha value is -3.95. The van der Waals surface area contributed by atoms with Crippen LogP contribution in [0, 0.1) is 5.92 Å². The summed E-state index contributed by atoms with van der Waals surface area (Å²) in [5, 5.41) is 10.6. The van der Waals surface area contributed by atoms with Gasteiger partial charge in [-0.1, -0.05) is 37.6 Å². The first-order chi connectivity index (χ1) is 21.1. The van der Waals surface area contributed by atoms with Crippen molar-refractivity contribution in [3.63, 3.8) is 0 Å². The van der Waals surface area contributed by atoms with Crippen LogP contribution in [0.5, 0.6) is 11.5 Å². The number of ether oxygens (including phenoxy) is 2. The van der Waals surface area contributed by atoms with Crippen molar-refractivity contribution in [2.45, 2.75) is 51.1 Å². The van der Waals surface area contributed by atoms with Crippen molar-refractivity contribution in [3.8, 4) is 11.5 Å².